The minimum atomic E-state index is -0.0998. The van der Waals surface area contributed by atoms with Crippen molar-refractivity contribution in [3.63, 3.8) is 0 Å². The lowest BCUT2D eigenvalue weighted by Gasteiger charge is -2.06. The predicted octanol–water partition coefficient (Wildman–Crippen LogP) is 12.1. The molecule has 0 atom stereocenters. The molecule has 0 unspecified atom stereocenters. The number of carbonyl (C=O) groups is 1. The average Bonchev–Trinajstić information content (AvgIpc) is 2.94. The van der Waals surface area contributed by atoms with E-state index in [4.69, 9.17) is 4.84 Å². The fourth-order valence-electron chi connectivity index (χ4n) is 4.97. The third-order valence-electron chi connectivity index (χ3n) is 7.62. The zero-order chi connectivity index (χ0) is 28.3. The van der Waals surface area contributed by atoms with E-state index in [9.17, 15) is 4.79 Å². The van der Waals surface area contributed by atoms with Crippen LogP contribution in [0.25, 0.3) is 0 Å². The first kappa shape index (κ1) is 37.9. The minimum absolute atomic E-state index is 0.0998. The van der Waals surface area contributed by atoms with Crippen molar-refractivity contribution in [3.05, 3.63) is 24.3 Å². The summed E-state index contributed by atoms with van der Waals surface area (Å²) in [6.07, 6.45) is 45.0. The van der Waals surface area contributed by atoms with E-state index in [1.54, 1.807) is 0 Å². The Balaban J connectivity index is 3.22. The highest BCUT2D eigenvalue weighted by Gasteiger charge is 2.02. The van der Waals surface area contributed by atoms with Crippen LogP contribution in [0.15, 0.2) is 24.3 Å². The van der Waals surface area contributed by atoms with Crippen molar-refractivity contribution in [3.8, 4) is 0 Å². The van der Waals surface area contributed by atoms with Gasteiger partial charge in [-0.05, 0) is 64.2 Å². The number of unbranched alkanes of at least 4 members (excludes halogenated alkanes) is 23. The molecule has 0 heterocycles. The lowest BCUT2D eigenvalue weighted by Crippen LogP contribution is -2.20. The molecule has 0 aromatic carbocycles. The van der Waals surface area contributed by atoms with Gasteiger partial charge in [-0.1, -0.05) is 147 Å². The fourth-order valence-corrected chi connectivity index (χ4v) is 4.97. The molecule has 0 saturated heterocycles. The van der Waals surface area contributed by atoms with Gasteiger partial charge >= 0.3 is 5.97 Å². The van der Waals surface area contributed by atoms with E-state index in [0.29, 0.717) is 6.42 Å². The number of hydrogen-bond donors (Lipinski definition) is 1. The van der Waals surface area contributed by atoms with Gasteiger partial charge in [-0.2, -0.15) is 5.48 Å². The predicted molar refractivity (Wildman–Crippen MR) is 173 cm³/mol. The topological polar surface area (TPSA) is 38.3 Å². The summed E-state index contributed by atoms with van der Waals surface area (Å²) in [7, 11) is 0. The first-order valence-electron chi connectivity index (χ1n) is 17.5. The summed E-state index contributed by atoms with van der Waals surface area (Å²) in [6, 6.07) is 0. The maximum atomic E-state index is 11.8. The van der Waals surface area contributed by atoms with Crippen LogP contribution in [0.5, 0.6) is 0 Å². The van der Waals surface area contributed by atoms with Crippen LogP contribution in [-0.2, 0) is 9.63 Å². The lowest BCUT2D eigenvalue weighted by atomic mass is 10.1. The van der Waals surface area contributed by atoms with Gasteiger partial charge in [-0.3, -0.25) is 4.79 Å². The molecule has 0 aliphatic carbocycles. The number of hydrogen-bond acceptors (Lipinski definition) is 3. The van der Waals surface area contributed by atoms with Gasteiger partial charge < -0.3 is 4.84 Å². The van der Waals surface area contributed by atoms with Gasteiger partial charge in [0.1, 0.15) is 0 Å². The van der Waals surface area contributed by atoms with Gasteiger partial charge in [0.25, 0.3) is 0 Å². The second-order valence-electron chi connectivity index (χ2n) is 11.6. The van der Waals surface area contributed by atoms with E-state index in [1.165, 1.54) is 154 Å². The van der Waals surface area contributed by atoms with Gasteiger partial charge in [-0.25, -0.2) is 0 Å². The second-order valence-corrected chi connectivity index (χ2v) is 11.6. The molecule has 0 aromatic heterocycles. The highest BCUT2D eigenvalue weighted by atomic mass is 16.7. The van der Waals surface area contributed by atoms with Crippen LogP contribution in [0.1, 0.15) is 194 Å². The summed E-state index contributed by atoms with van der Waals surface area (Å²) in [5, 5.41) is 0. The smallest absolute Gasteiger partial charge is 0.324 e. The molecule has 39 heavy (non-hydrogen) atoms. The van der Waals surface area contributed by atoms with Crippen LogP contribution in [-0.4, -0.2) is 12.5 Å². The largest absolute Gasteiger partial charge is 0.371 e. The van der Waals surface area contributed by atoms with Crippen LogP contribution < -0.4 is 5.48 Å². The molecule has 3 heteroatoms. The fraction of sp³-hybridized carbons (Fsp3) is 0.861. The Bertz CT molecular complexity index is 528. The zero-order valence-corrected chi connectivity index (χ0v) is 26.6. The number of hydroxylamine groups is 1. The van der Waals surface area contributed by atoms with Crippen molar-refractivity contribution in [1.29, 1.82) is 0 Å². The second kappa shape index (κ2) is 34.9. The van der Waals surface area contributed by atoms with Gasteiger partial charge in [0, 0.05) is 13.0 Å². The Hall–Kier alpha value is -1.09. The van der Waals surface area contributed by atoms with Crippen LogP contribution in [0.2, 0.25) is 0 Å². The molecule has 0 fully saturated rings. The van der Waals surface area contributed by atoms with Crippen molar-refractivity contribution < 1.29 is 9.63 Å². The third kappa shape index (κ3) is 34.9. The van der Waals surface area contributed by atoms with Gasteiger partial charge in [0.05, 0.1) is 0 Å². The SMILES string of the molecule is CCCCCCCC/C=C\CCCCCCCCNOC(=O)CCCCCCC/C=C\CCCCCCCC. The molecular weight excluding hydrogens is 478 g/mol. The van der Waals surface area contributed by atoms with E-state index in [2.05, 4.69) is 43.6 Å². The summed E-state index contributed by atoms with van der Waals surface area (Å²) in [5.74, 6) is -0.0998. The minimum Gasteiger partial charge on any atom is -0.371 e. The molecule has 0 rings (SSSR count). The molecule has 0 radical (unpaired) electrons. The molecule has 0 aliphatic rings. The first-order valence-corrected chi connectivity index (χ1v) is 17.5. The van der Waals surface area contributed by atoms with Crippen molar-refractivity contribution in [1.82, 2.24) is 5.48 Å². The Morgan fingerprint density at radius 2 is 0.795 bits per heavy atom. The number of rotatable bonds is 32. The van der Waals surface area contributed by atoms with Gasteiger partial charge in [0.15, 0.2) is 0 Å². The number of nitrogens with one attached hydrogen (secondary N) is 1. The summed E-state index contributed by atoms with van der Waals surface area (Å²) >= 11 is 0. The summed E-state index contributed by atoms with van der Waals surface area (Å²) in [4.78, 5) is 17.0. The summed E-state index contributed by atoms with van der Waals surface area (Å²) in [5.41, 5.74) is 2.87. The number of allylic oxidation sites excluding steroid dienone is 4. The molecule has 0 spiro atoms. The molecule has 1 N–H and O–H groups in total. The molecule has 0 amide bonds. The zero-order valence-electron chi connectivity index (χ0n) is 26.6. The van der Waals surface area contributed by atoms with Crippen LogP contribution in [0.3, 0.4) is 0 Å². The van der Waals surface area contributed by atoms with E-state index >= 15 is 0 Å². The van der Waals surface area contributed by atoms with E-state index < -0.39 is 0 Å². The quantitative estimate of drug-likeness (QED) is 0.0517. The Labute approximate surface area is 245 Å². The van der Waals surface area contributed by atoms with Crippen LogP contribution in [0.4, 0.5) is 0 Å². The molecule has 3 nitrogen and oxygen atoms in total. The molecule has 0 saturated carbocycles. The number of carbonyl (C=O) groups excluding carboxylic acids is 1. The Morgan fingerprint density at radius 3 is 1.21 bits per heavy atom. The Kier molecular flexibility index (Phi) is 34.0. The Morgan fingerprint density at radius 1 is 0.462 bits per heavy atom. The standard InChI is InChI=1S/C36H69NO2/c1-3-5-7-9-11-13-15-17-19-21-23-25-27-29-31-33-35-37-39-36(38)34-32-30-28-26-24-22-20-18-16-14-12-10-8-6-4-2/h17-20,37H,3-16,21-35H2,1-2H3/b19-17-,20-18-. The highest BCUT2D eigenvalue weighted by Crippen LogP contribution is 2.11. The van der Waals surface area contributed by atoms with Crippen molar-refractivity contribution >= 4 is 5.97 Å². The lowest BCUT2D eigenvalue weighted by molar-refractivity contribution is -0.151. The van der Waals surface area contributed by atoms with E-state index in [1.807, 2.05) is 0 Å². The maximum Gasteiger partial charge on any atom is 0.324 e. The van der Waals surface area contributed by atoms with Crippen molar-refractivity contribution in [2.24, 2.45) is 0 Å². The monoisotopic (exact) mass is 548 g/mol. The van der Waals surface area contributed by atoms with E-state index in [-0.39, 0.29) is 5.97 Å². The molecule has 0 bridgehead atoms. The van der Waals surface area contributed by atoms with E-state index in [0.717, 1.165) is 25.8 Å². The van der Waals surface area contributed by atoms with Crippen molar-refractivity contribution in [2.75, 3.05) is 6.54 Å². The molecule has 0 aliphatic heterocycles. The summed E-state index contributed by atoms with van der Waals surface area (Å²) in [6.45, 7) is 5.33. The molecule has 230 valence electrons. The molecule has 0 aromatic rings. The molecular formula is C36H69NO2. The normalized spacial score (nSPS) is 11.7. The first-order chi connectivity index (χ1) is 19.3. The third-order valence-corrected chi connectivity index (χ3v) is 7.62. The average molecular weight is 548 g/mol. The van der Waals surface area contributed by atoms with Crippen molar-refractivity contribution in [2.45, 2.75) is 194 Å². The summed E-state index contributed by atoms with van der Waals surface area (Å²) < 4.78 is 0. The maximum absolute atomic E-state index is 11.8. The highest BCUT2D eigenvalue weighted by molar-refractivity contribution is 5.68. The van der Waals surface area contributed by atoms with Crippen LogP contribution in [0, 0.1) is 0 Å². The van der Waals surface area contributed by atoms with Gasteiger partial charge in [0.2, 0.25) is 0 Å². The van der Waals surface area contributed by atoms with Crippen LogP contribution >= 0.6 is 0 Å². The van der Waals surface area contributed by atoms with Gasteiger partial charge in [-0.15, -0.1) is 0 Å².